The molecule has 2 aromatic rings. The van der Waals surface area contributed by atoms with Crippen LogP contribution in [0.4, 0.5) is 9.59 Å². The molecule has 1 aliphatic carbocycles. The van der Waals surface area contributed by atoms with Gasteiger partial charge < -0.3 is 80.5 Å². The van der Waals surface area contributed by atoms with Gasteiger partial charge in [0.1, 0.15) is 68.1 Å². The number of ether oxygens (including phenoxy) is 6. The van der Waals surface area contributed by atoms with Gasteiger partial charge in [0.25, 0.3) is 0 Å². The number of alkyl carbamates (subject to hydrolysis) is 2. The lowest BCUT2D eigenvalue weighted by Gasteiger charge is -2.48. The molecule has 1 saturated carbocycles. The van der Waals surface area contributed by atoms with Gasteiger partial charge in [0.05, 0.1) is 18.8 Å². The van der Waals surface area contributed by atoms with Crippen molar-refractivity contribution in [2.75, 3.05) is 13.2 Å². The number of benzene rings is 2. The second-order valence-corrected chi connectivity index (χ2v) is 13.4. The molecular weight excluding hydrogens is 702 g/mol. The van der Waals surface area contributed by atoms with Crippen LogP contribution in [0.1, 0.15) is 24.5 Å². The molecular formula is C35H49N3O15. The summed E-state index contributed by atoms with van der Waals surface area (Å²) in [6, 6.07) is 15.6. The number of hydrogen-bond acceptors (Lipinski definition) is 16. The topological polar surface area (TPSA) is 281 Å². The Balaban J connectivity index is 1.29. The lowest BCUT2D eigenvalue weighted by atomic mass is 9.83. The Morgan fingerprint density at radius 1 is 0.717 bits per heavy atom. The molecule has 2 heterocycles. The predicted molar refractivity (Wildman–Crippen MR) is 180 cm³/mol. The van der Waals surface area contributed by atoms with Crippen LogP contribution in [0.25, 0.3) is 0 Å². The second-order valence-electron chi connectivity index (χ2n) is 13.4. The molecule has 0 bridgehead atoms. The molecule has 6 unspecified atom stereocenters. The molecule has 15 atom stereocenters. The van der Waals surface area contributed by atoms with E-state index in [0.29, 0.717) is 5.56 Å². The normalized spacial score (nSPS) is 37.3. The van der Waals surface area contributed by atoms with E-state index in [0.717, 1.165) is 5.56 Å². The zero-order chi connectivity index (χ0) is 38.2. The number of nitrogens with one attached hydrogen (secondary N) is 2. The van der Waals surface area contributed by atoms with Gasteiger partial charge in [-0.3, -0.25) is 0 Å². The Bertz CT molecular complexity index is 1440. The maximum atomic E-state index is 13.0. The minimum absolute atomic E-state index is 0.0377. The van der Waals surface area contributed by atoms with Crippen LogP contribution in [-0.2, 0) is 41.6 Å². The summed E-state index contributed by atoms with van der Waals surface area (Å²) in [5.74, 6) is -0.802. The molecule has 2 amide bonds. The first-order valence-corrected chi connectivity index (χ1v) is 17.4. The molecule has 53 heavy (non-hydrogen) atoms. The third-order valence-electron chi connectivity index (χ3n) is 9.67. The fourth-order valence-electron chi connectivity index (χ4n) is 6.50. The predicted octanol–water partition coefficient (Wildman–Crippen LogP) is -2.05. The smallest absolute Gasteiger partial charge is 0.407 e. The van der Waals surface area contributed by atoms with Gasteiger partial charge in [-0.1, -0.05) is 67.6 Å². The summed E-state index contributed by atoms with van der Waals surface area (Å²) >= 11 is 0. The largest absolute Gasteiger partial charge is 0.445 e. The van der Waals surface area contributed by atoms with E-state index in [9.17, 15) is 45.3 Å². The molecule has 3 aliphatic rings. The van der Waals surface area contributed by atoms with E-state index in [-0.39, 0.29) is 26.2 Å². The van der Waals surface area contributed by atoms with Crippen LogP contribution in [0.5, 0.6) is 0 Å². The van der Waals surface area contributed by atoms with E-state index < -0.39 is 110 Å². The standard InChI is InChI=1S/C35H49N3O15/c1-17-24(40)23(14-39)51-32(25(17)41)52-30-20(36)12-21(38-35(47)49-16-19-10-6-3-7-11-19)31(29(30)45)53-33-28(44)27(43)26(42)22(50-33)13-37-34(46)48-15-18-8-4-2-5-9-18/h2-11,17,20-33,39-45H,12-16,36H2,1H3,(H,37,46)(H,38,47)/t17?,20-,21?,22?,23-,24+,25-,26-,27?,28+,29?,30-,31-,32?,33-/m1/s1. The molecule has 5 rings (SSSR count). The molecule has 18 nitrogen and oxygen atoms in total. The zero-order valence-corrected chi connectivity index (χ0v) is 28.9. The van der Waals surface area contributed by atoms with Gasteiger partial charge in [0.15, 0.2) is 12.6 Å². The maximum absolute atomic E-state index is 13.0. The summed E-state index contributed by atoms with van der Waals surface area (Å²) in [5.41, 5.74) is 7.86. The highest BCUT2D eigenvalue weighted by molar-refractivity contribution is 5.68. The van der Waals surface area contributed by atoms with Crippen molar-refractivity contribution in [2.45, 2.75) is 112 Å². The molecule has 0 aromatic heterocycles. The number of hydrogen-bond donors (Lipinski definition) is 10. The van der Waals surface area contributed by atoms with Crippen molar-refractivity contribution in [1.29, 1.82) is 0 Å². The summed E-state index contributed by atoms with van der Waals surface area (Å²) < 4.78 is 33.9. The SMILES string of the molecule is CC1[C@@H](O)C(O[C@H]2C(O)[C@H](O[C@H]3OC(CNC(=O)OCc4ccccc4)[C@@H](O)C(O)[C@@H]3O)C(NC(=O)OCc3ccccc3)C[C@H]2N)O[C@H](CO)[C@H]1O. The number of nitrogens with two attached hydrogens (primary N) is 1. The number of aliphatic hydroxyl groups is 7. The molecule has 2 aromatic carbocycles. The van der Waals surface area contributed by atoms with Crippen molar-refractivity contribution in [3.05, 3.63) is 71.8 Å². The molecule has 2 aliphatic heterocycles. The third kappa shape index (κ3) is 10.2. The van der Waals surface area contributed by atoms with Crippen molar-refractivity contribution in [1.82, 2.24) is 10.6 Å². The fraction of sp³-hybridized carbons (Fsp3) is 0.600. The van der Waals surface area contributed by atoms with Crippen LogP contribution in [-0.4, -0.2) is 147 Å². The number of carbonyl (C=O) groups excluding carboxylic acids is 2. The van der Waals surface area contributed by atoms with E-state index in [4.69, 9.17) is 34.2 Å². The van der Waals surface area contributed by atoms with Crippen molar-refractivity contribution < 1.29 is 73.8 Å². The summed E-state index contributed by atoms with van der Waals surface area (Å²) in [6.07, 6.45) is -20.1. The quantitative estimate of drug-likeness (QED) is 0.112. The summed E-state index contributed by atoms with van der Waals surface area (Å²) in [6.45, 7) is 0.421. The first kappa shape index (κ1) is 40.7. The van der Waals surface area contributed by atoms with Gasteiger partial charge in [-0.05, 0) is 17.5 Å². The first-order valence-electron chi connectivity index (χ1n) is 17.4. The van der Waals surface area contributed by atoms with Crippen LogP contribution in [0.2, 0.25) is 0 Å². The molecule has 294 valence electrons. The molecule has 18 heteroatoms. The number of aliphatic hydroxyl groups excluding tert-OH is 7. The van der Waals surface area contributed by atoms with Gasteiger partial charge in [-0.2, -0.15) is 0 Å². The number of rotatable bonds is 12. The number of carbonyl (C=O) groups is 2. The van der Waals surface area contributed by atoms with Crippen LogP contribution >= 0.6 is 0 Å². The van der Waals surface area contributed by atoms with Gasteiger partial charge in [-0.15, -0.1) is 0 Å². The van der Waals surface area contributed by atoms with Crippen molar-refractivity contribution in [3.8, 4) is 0 Å². The van der Waals surface area contributed by atoms with Gasteiger partial charge in [0, 0.05) is 18.5 Å². The monoisotopic (exact) mass is 751 g/mol. The Labute approximate surface area is 305 Å². The van der Waals surface area contributed by atoms with Gasteiger partial charge in [0.2, 0.25) is 0 Å². The van der Waals surface area contributed by atoms with E-state index in [1.54, 1.807) is 54.6 Å². The van der Waals surface area contributed by atoms with Crippen LogP contribution < -0.4 is 16.4 Å². The minimum Gasteiger partial charge on any atom is -0.445 e. The van der Waals surface area contributed by atoms with Crippen molar-refractivity contribution >= 4 is 12.2 Å². The van der Waals surface area contributed by atoms with Gasteiger partial charge in [-0.25, -0.2) is 9.59 Å². The Kier molecular flexibility index (Phi) is 14.4. The average molecular weight is 752 g/mol. The van der Waals surface area contributed by atoms with E-state index in [1.807, 2.05) is 6.07 Å². The van der Waals surface area contributed by atoms with Crippen LogP contribution in [0, 0.1) is 5.92 Å². The summed E-state index contributed by atoms with van der Waals surface area (Å²) in [5, 5.41) is 80.0. The van der Waals surface area contributed by atoms with Crippen molar-refractivity contribution in [2.24, 2.45) is 11.7 Å². The van der Waals surface area contributed by atoms with E-state index in [2.05, 4.69) is 10.6 Å². The van der Waals surface area contributed by atoms with Crippen LogP contribution in [0.3, 0.4) is 0 Å². The highest BCUT2D eigenvalue weighted by Gasteiger charge is 2.52. The lowest BCUT2D eigenvalue weighted by Crippen LogP contribution is -2.68. The zero-order valence-electron chi connectivity index (χ0n) is 28.9. The lowest BCUT2D eigenvalue weighted by molar-refractivity contribution is -0.336. The maximum Gasteiger partial charge on any atom is 0.407 e. The molecule has 11 N–H and O–H groups in total. The average Bonchev–Trinajstić information content (AvgIpc) is 3.16. The Morgan fingerprint density at radius 3 is 1.87 bits per heavy atom. The second kappa shape index (κ2) is 18.7. The minimum atomic E-state index is -1.88. The first-order chi connectivity index (χ1) is 25.4. The molecule has 2 saturated heterocycles. The molecule has 0 spiro atoms. The highest BCUT2D eigenvalue weighted by atomic mass is 16.7. The Hall–Kier alpha value is -3.50. The van der Waals surface area contributed by atoms with E-state index >= 15 is 0 Å². The van der Waals surface area contributed by atoms with Gasteiger partial charge >= 0.3 is 12.2 Å². The fourth-order valence-corrected chi connectivity index (χ4v) is 6.50. The Morgan fingerprint density at radius 2 is 1.26 bits per heavy atom. The number of amides is 2. The summed E-state index contributed by atoms with van der Waals surface area (Å²) in [4.78, 5) is 25.4. The molecule has 0 radical (unpaired) electrons. The van der Waals surface area contributed by atoms with E-state index in [1.165, 1.54) is 6.92 Å². The third-order valence-corrected chi connectivity index (χ3v) is 9.67. The van der Waals surface area contributed by atoms with Crippen LogP contribution in [0.15, 0.2) is 60.7 Å². The highest BCUT2D eigenvalue weighted by Crippen LogP contribution is 2.33. The molecule has 3 fully saturated rings. The van der Waals surface area contributed by atoms with Crippen molar-refractivity contribution in [3.63, 3.8) is 0 Å². The summed E-state index contributed by atoms with van der Waals surface area (Å²) in [7, 11) is 0.